The van der Waals surface area contributed by atoms with Crippen molar-refractivity contribution in [1.29, 1.82) is 0 Å². The fraction of sp³-hybridized carbons (Fsp3) is 0.600. The van der Waals surface area contributed by atoms with E-state index in [0.29, 0.717) is 0 Å². The predicted molar refractivity (Wildman–Crippen MR) is 69.2 cm³/mol. The molecule has 1 fully saturated rings. The fourth-order valence-corrected chi connectivity index (χ4v) is 3.81. The van der Waals surface area contributed by atoms with Crippen LogP contribution in [-0.4, -0.2) is 35.2 Å². The Morgan fingerprint density at radius 1 is 1.29 bits per heavy atom. The van der Waals surface area contributed by atoms with Crippen molar-refractivity contribution in [2.45, 2.75) is 43.7 Å². The molecule has 3 rings (SSSR count). The summed E-state index contributed by atoms with van der Waals surface area (Å²) in [7, 11) is 2.13. The Bertz CT molecular complexity index is 454. The number of benzene rings is 1. The number of hydrogen-bond donors (Lipinski definition) is 1. The molecule has 1 unspecified atom stereocenters. The first-order valence-corrected chi connectivity index (χ1v) is 6.48. The Balaban J connectivity index is 2.22. The van der Waals surface area contributed by atoms with Gasteiger partial charge in [0.25, 0.3) is 0 Å². The van der Waals surface area contributed by atoms with Crippen molar-refractivity contribution in [3.8, 4) is 0 Å². The van der Waals surface area contributed by atoms with Crippen molar-refractivity contribution in [3.05, 3.63) is 35.4 Å². The van der Waals surface area contributed by atoms with E-state index in [4.69, 9.17) is 0 Å². The smallest absolute Gasteiger partial charge is 0.0871 e. The molecule has 2 nitrogen and oxygen atoms in total. The maximum absolute atomic E-state index is 11.0. The lowest BCUT2D eigenvalue weighted by atomic mass is 9.56. The van der Waals surface area contributed by atoms with Crippen LogP contribution in [0.3, 0.4) is 0 Å². The van der Waals surface area contributed by atoms with E-state index < -0.39 is 5.60 Å². The summed E-state index contributed by atoms with van der Waals surface area (Å²) in [6.07, 6.45) is 2.00. The fourth-order valence-electron chi connectivity index (χ4n) is 3.81. The van der Waals surface area contributed by atoms with Crippen LogP contribution < -0.4 is 0 Å². The SMILES string of the molecule is CN1CC[C@]2(C)c3ccccc3CC1[C@]2(C)O. The first-order valence-electron chi connectivity index (χ1n) is 6.48. The van der Waals surface area contributed by atoms with Gasteiger partial charge in [-0.1, -0.05) is 31.2 Å². The highest BCUT2D eigenvalue weighted by molar-refractivity contribution is 5.42. The van der Waals surface area contributed by atoms with Gasteiger partial charge in [-0.2, -0.15) is 0 Å². The highest BCUT2D eigenvalue weighted by atomic mass is 16.3. The van der Waals surface area contributed by atoms with Gasteiger partial charge in [0.05, 0.1) is 5.60 Å². The summed E-state index contributed by atoms with van der Waals surface area (Å²) < 4.78 is 0. The van der Waals surface area contributed by atoms with Crippen molar-refractivity contribution in [2.75, 3.05) is 13.6 Å². The molecule has 1 aromatic rings. The second kappa shape index (κ2) is 3.33. The summed E-state index contributed by atoms with van der Waals surface area (Å²) in [6.45, 7) is 5.32. The molecule has 1 aromatic carbocycles. The van der Waals surface area contributed by atoms with Gasteiger partial charge in [-0.25, -0.2) is 0 Å². The lowest BCUT2D eigenvalue weighted by Gasteiger charge is -2.58. The summed E-state index contributed by atoms with van der Waals surface area (Å²) in [5.74, 6) is 0. The average Bonchev–Trinajstić information content (AvgIpc) is 2.29. The summed E-state index contributed by atoms with van der Waals surface area (Å²) >= 11 is 0. The Hall–Kier alpha value is -0.860. The largest absolute Gasteiger partial charge is 0.388 e. The minimum atomic E-state index is -0.631. The molecule has 0 aromatic heterocycles. The molecule has 92 valence electrons. The van der Waals surface area contributed by atoms with Gasteiger partial charge in [0.1, 0.15) is 0 Å². The molecule has 3 atom stereocenters. The van der Waals surface area contributed by atoms with Crippen molar-refractivity contribution < 1.29 is 5.11 Å². The highest BCUT2D eigenvalue weighted by Gasteiger charge is 2.56. The second-order valence-corrected chi connectivity index (χ2v) is 6.09. The molecule has 17 heavy (non-hydrogen) atoms. The minimum absolute atomic E-state index is 0.0982. The molecule has 0 spiro atoms. The van der Waals surface area contributed by atoms with E-state index in [2.05, 4.69) is 43.1 Å². The molecule has 1 aliphatic carbocycles. The molecule has 1 N–H and O–H groups in total. The highest BCUT2D eigenvalue weighted by Crippen LogP contribution is 2.50. The van der Waals surface area contributed by atoms with Crippen LogP contribution in [0, 0.1) is 0 Å². The van der Waals surface area contributed by atoms with E-state index in [1.165, 1.54) is 11.1 Å². The third-order valence-corrected chi connectivity index (χ3v) is 5.29. The van der Waals surface area contributed by atoms with Gasteiger partial charge in [-0.15, -0.1) is 0 Å². The standard InChI is InChI=1S/C15H21NO/c1-14-8-9-16(3)13(15(14,2)17)10-11-6-4-5-7-12(11)14/h4-7,13,17H,8-10H2,1-3H3/t13?,14-,15+/m1/s1. The molecule has 1 saturated heterocycles. The summed E-state index contributed by atoms with van der Waals surface area (Å²) in [6, 6.07) is 8.87. The number of rotatable bonds is 0. The van der Waals surface area contributed by atoms with Crippen molar-refractivity contribution in [2.24, 2.45) is 0 Å². The van der Waals surface area contributed by atoms with Gasteiger partial charge in [-0.3, -0.25) is 0 Å². The van der Waals surface area contributed by atoms with Gasteiger partial charge in [-0.05, 0) is 44.5 Å². The monoisotopic (exact) mass is 231 g/mol. The maximum Gasteiger partial charge on any atom is 0.0871 e. The Kier molecular flexibility index (Phi) is 2.20. The molecule has 0 amide bonds. The van der Waals surface area contributed by atoms with E-state index in [1.807, 2.05) is 6.92 Å². The third kappa shape index (κ3) is 1.28. The van der Waals surface area contributed by atoms with E-state index in [1.54, 1.807) is 0 Å². The molecule has 2 aliphatic rings. The maximum atomic E-state index is 11.0. The van der Waals surface area contributed by atoms with E-state index >= 15 is 0 Å². The van der Waals surface area contributed by atoms with E-state index in [9.17, 15) is 5.11 Å². The summed E-state index contributed by atoms with van der Waals surface area (Å²) in [5, 5.41) is 11.0. The van der Waals surface area contributed by atoms with Crippen molar-refractivity contribution >= 4 is 0 Å². The first-order chi connectivity index (χ1) is 7.97. The number of fused-ring (bicyclic) bond motifs is 4. The molecule has 2 bridgehead atoms. The van der Waals surface area contributed by atoms with Gasteiger partial charge in [0.2, 0.25) is 0 Å². The van der Waals surface area contributed by atoms with Crippen LogP contribution in [0.5, 0.6) is 0 Å². The first kappa shape index (κ1) is 11.2. The number of nitrogens with zero attached hydrogens (tertiary/aromatic N) is 1. The summed E-state index contributed by atoms with van der Waals surface area (Å²) in [5.41, 5.74) is 2.04. The predicted octanol–water partition coefficient (Wildman–Crippen LogP) is 1.96. The lowest BCUT2D eigenvalue weighted by Crippen LogP contribution is -2.68. The zero-order valence-corrected chi connectivity index (χ0v) is 10.9. The van der Waals surface area contributed by atoms with Crippen molar-refractivity contribution in [3.63, 3.8) is 0 Å². The second-order valence-electron chi connectivity index (χ2n) is 6.09. The topological polar surface area (TPSA) is 23.5 Å². The van der Waals surface area contributed by atoms with E-state index in [0.717, 1.165) is 19.4 Å². The van der Waals surface area contributed by atoms with Crippen LogP contribution in [0.4, 0.5) is 0 Å². The van der Waals surface area contributed by atoms with Gasteiger partial charge in [0, 0.05) is 11.5 Å². The molecule has 1 heterocycles. The van der Waals surface area contributed by atoms with Gasteiger partial charge >= 0.3 is 0 Å². The molecule has 1 aliphatic heterocycles. The lowest BCUT2D eigenvalue weighted by molar-refractivity contribution is -0.121. The van der Waals surface area contributed by atoms with Crippen LogP contribution >= 0.6 is 0 Å². The molecule has 0 saturated carbocycles. The van der Waals surface area contributed by atoms with Crippen LogP contribution in [0.1, 0.15) is 31.4 Å². The zero-order valence-electron chi connectivity index (χ0n) is 10.9. The minimum Gasteiger partial charge on any atom is -0.388 e. The molecular formula is C15H21NO. The molecular weight excluding hydrogens is 210 g/mol. The number of likely N-dealkylation sites (tertiary alicyclic amines) is 1. The van der Waals surface area contributed by atoms with Gasteiger partial charge in [0.15, 0.2) is 0 Å². The normalized spacial score (nSPS) is 41.1. The van der Waals surface area contributed by atoms with Crippen LogP contribution in [0.2, 0.25) is 0 Å². The van der Waals surface area contributed by atoms with Crippen LogP contribution in [0.25, 0.3) is 0 Å². The summed E-state index contributed by atoms with van der Waals surface area (Å²) in [4.78, 5) is 2.32. The Labute approximate surface area is 103 Å². The molecule has 2 heteroatoms. The quantitative estimate of drug-likeness (QED) is 0.738. The Morgan fingerprint density at radius 2 is 2.00 bits per heavy atom. The number of aliphatic hydroxyl groups is 1. The number of hydrogen-bond acceptors (Lipinski definition) is 2. The zero-order chi connectivity index (χ0) is 12.3. The third-order valence-electron chi connectivity index (χ3n) is 5.29. The van der Waals surface area contributed by atoms with Crippen molar-refractivity contribution in [1.82, 2.24) is 4.90 Å². The van der Waals surface area contributed by atoms with Gasteiger partial charge < -0.3 is 10.0 Å². The number of likely N-dealkylation sites (N-methyl/N-ethyl adjacent to an activating group) is 1. The van der Waals surface area contributed by atoms with Crippen LogP contribution in [0.15, 0.2) is 24.3 Å². The molecule has 0 radical (unpaired) electrons. The number of piperidine rings is 1. The van der Waals surface area contributed by atoms with E-state index in [-0.39, 0.29) is 11.5 Å². The average molecular weight is 231 g/mol. The van der Waals surface area contributed by atoms with Crippen LogP contribution in [-0.2, 0) is 11.8 Å². The Morgan fingerprint density at radius 3 is 2.76 bits per heavy atom.